The van der Waals surface area contributed by atoms with E-state index in [2.05, 4.69) is 36.6 Å². The number of rotatable bonds is 7. The molecule has 2 aromatic rings. The summed E-state index contributed by atoms with van der Waals surface area (Å²) in [5.74, 6) is 1.43. The molecule has 1 aliphatic heterocycles. The van der Waals surface area contributed by atoms with Crippen LogP contribution in [0.1, 0.15) is 55.9 Å². The van der Waals surface area contributed by atoms with E-state index in [1.165, 1.54) is 5.69 Å². The van der Waals surface area contributed by atoms with Gasteiger partial charge in [-0.2, -0.15) is 10.2 Å². The van der Waals surface area contributed by atoms with E-state index in [1.807, 2.05) is 11.6 Å². The maximum absolute atomic E-state index is 12.5. The SMILES string of the molecule is CCn1ncnc1C(NC(=O)CCc1cc2n(n1)CCCNC2)C1CC1. The van der Waals surface area contributed by atoms with Crippen LogP contribution >= 0.6 is 0 Å². The molecule has 4 rings (SSSR count). The van der Waals surface area contributed by atoms with Gasteiger partial charge in [-0.3, -0.25) is 9.48 Å². The van der Waals surface area contributed by atoms with E-state index in [9.17, 15) is 4.79 Å². The Balaban J connectivity index is 1.36. The summed E-state index contributed by atoms with van der Waals surface area (Å²) in [4.78, 5) is 16.9. The molecule has 0 radical (unpaired) electrons. The zero-order valence-corrected chi connectivity index (χ0v) is 15.3. The first-order chi connectivity index (χ1) is 12.7. The van der Waals surface area contributed by atoms with Crippen LogP contribution in [0.25, 0.3) is 0 Å². The number of carbonyl (C=O) groups is 1. The zero-order valence-electron chi connectivity index (χ0n) is 15.3. The molecule has 1 atom stereocenters. The maximum atomic E-state index is 12.5. The molecule has 1 amide bonds. The molecule has 0 saturated heterocycles. The Hall–Kier alpha value is -2.22. The van der Waals surface area contributed by atoms with Crippen molar-refractivity contribution in [3.8, 4) is 0 Å². The maximum Gasteiger partial charge on any atom is 0.220 e. The first-order valence-corrected chi connectivity index (χ1v) is 9.68. The Morgan fingerprint density at radius 3 is 3.15 bits per heavy atom. The van der Waals surface area contributed by atoms with Crippen molar-refractivity contribution in [2.45, 2.75) is 64.7 Å². The minimum Gasteiger partial charge on any atom is -0.346 e. The number of fused-ring (bicyclic) bond motifs is 1. The minimum absolute atomic E-state index is 0.0205. The summed E-state index contributed by atoms with van der Waals surface area (Å²) in [6.45, 7) is 5.65. The fourth-order valence-corrected chi connectivity index (χ4v) is 3.61. The first kappa shape index (κ1) is 17.2. The van der Waals surface area contributed by atoms with Gasteiger partial charge in [-0.15, -0.1) is 0 Å². The van der Waals surface area contributed by atoms with Crippen LogP contribution in [0.2, 0.25) is 0 Å². The van der Waals surface area contributed by atoms with E-state index in [-0.39, 0.29) is 11.9 Å². The Bertz CT molecular complexity index is 738. The van der Waals surface area contributed by atoms with Crippen LogP contribution in [0, 0.1) is 5.92 Å². The molecule has 0 bridgehead atoms. The molecule has 2 aliphatic rings. The van der Waals surface area contributed by atoms with E-state index in [4.69, 9.17) is 0 Å². The van der Waals surface area contributed by atoms with E-state index in [0.29, 0.717) is 18.8 Å². The van der Waals surface area contributed by atoms with Crippen LogP contribution in [0.4, 0.5) is 0 Å². The average Bonchev–Trinajstić information content (AvgIpc) is 3.32. The summed E-state index contributed by atoms with van der Waals surface area (Å²) < 4.78 is 3.95. The van der Waals surface area contributed by atoms with Gasteiger partial charge in [0.2, 0.25) is 5.91 Å². The molecule has 3 heterocycles. The summed E-state index contributed by atoms with van der Waals surface area (Å²) in [6, 6.07) is 2.10. The average molecular weight is 357 g/mol. The highest BCUT2D eigenvalue weighted by atomic mass is 16.1. The Morgan fingerprint density at radius 1 is 1.46 bits per heavy atom. The van der Waals surface area contributed by atoms with Gasteiger partial charge in [0.05, 0.1) is 17.4 Å². The third-order valence-corrected chi connectivity index (χ3v) is 5.18. The number of nitrogens with zero attached hydrogens (tertiary/aromatic N) is 5. The molecule has 140 valence electrons. The largest absolute Gasteiger partial charge is 0.346 e. The lowest BCUT2D eigenvalue weighted by molar-refractivity contribution is -0.122. The highest BCUT2D eigenvalue weighted by molar-refractivity contribution is 5.76. The van der Waals surface area contributed by atoms with Gasteiger partial charge in [-0.25, -0.2) is 9.67 Å². The van der Waals surface area contributed by atoms with Crippen LogP contribution in [-0.2, 0) is 30.8 Å². The van der Waals surface area contributed by atoms with Crippen molar-refractivity contribution in [1.29, 1.82) is 0 Å². The summed E-state index contributed by atoms with van der Waals surface area (Å²) in [6.07, 6.45) is 6.07. The molecule has 0 spiro atoms. The molecule has 2 N–H and O–H groups in total. The number of amides is 1. The van der Waals surface area contributed by atoms with Crippen molar-refractivity contribution in [1.82, 2.24) is 35.2 Å². The second-order valence-corrected chi connectivity index (χ2v) is 7.20. The second-order valence-electron chi connectivity index (χ2n) is 7.20. The smallest absolute Gasteiger partial charge is 0.220 e. The van der Waals surface area contributed by atoms with Gasteiger partial charge < -0.3 is 10.6 Å². The molecule has 1 aliphatic carbocycles. The number of nitrogens with one attached hydrogen (secondary N) is 2. The second kappa shape index (κ2) is 7.57. The van der Waals surface area contributed by atoms with Gasteiger partial charge in [-0.05, 0) is 44.7 Å². The standard InChI is InChI=1S/C18H27N7O/c1-2-24-18(20-12-21-24)17(13-4-5-13)22-16(26)7-6-14-10-15-11-19-8-3-9-25(15)23-14/h10,12-13,17,19H,2-9,11H2,1H3,(H,22,26). The molecule has 1 fully saturated rings. The summed E-state index contributed by atoms with van der Waals surface area (Å²) >= 11 is 0. The Labute approximate surface area is 153 Å². The van der Waals surface area contributed by atoms with E-state index < -0.39 is 0 Å². The molecule has 8 nitrogen and oxygen atoms in total. The molecular weight excluding hydrogens is 330 g/mol. The molecule has 8 heteroatoms. The lowest BCUT2D eigenvalue weighted by atomic mass is 10.1. The monoisotopic (exact) mass is 357 g/mol. The van der Waals surface area contributed by atoms with Crippen LogP contribution in [0.5, 0.6) is 0 Å². The van der Waals surface area contributed by atoms with E-state index >= 15 is 0 Å². The topological polar surface area (TPSA) is 89.7 Å². The van der Waals surface area contributed by atoms with Crippen LogP contribution in [0.15, 0.2) is 12.4 Å². The zero-order chi connectivity index (χ0) is 17.9. The third-order valence-electron chi connectivity index (χ3n) is 5.18. The fraction of sp³-hybridized carbons (Fsp3) is 0.667. The lowest BCUT2D eigenvalue weighted by Crippen LogP contribution is -2.32. The van der Waals surface area contributed by atoms with Gasteiger partial charge in [0.1, 0.15) is 12.2 Å². The number of hydrogen-bond donors (Lipinski definition) is 2. The van der Waals surface area contributed by atoms with E-state index in [1.54, 1.807) is 6.33 Å². The highest BCUT2D eigenvalue weighted by Crippen LogP contribution is 2.40. The molecule has 1 unspecified atom stereocenters. The van der Waals surface area contributed by atoms with Crippen LogP contribution in [-0.4, -0.2) is 37.0 Å². The van der Waals surface area contributed by atoms with Gasteiger partial charge in [0.25, 0.3) is 0 Å². The van der Waals surface area contributed by atoms with Crippen LogP contribution < -0.4 is 10.6 Å². The summed E-state index contributed by atoms with van der Waals surface area (Å²) in [5, 5.41) is 15.5. The van der Waals surface area contributed by atoms with Gasteiger partial charge in [0.15, 0.2) is 0 Å². The third kappa shape index (κ3) is 3.80. The Morgan fingerprint density at radius 2 is 2.35 bits per heavy atom. The summed E-state index contributed by atoms with van der Waals surface area (Å²) in [7, 11) is 0. The minimum atomic E-state index is -0.0205. The lowest BCUT2D eigenvalue weighted by Gasteiger charge is -2.18. The molecule has 2 aromatic heterocycles. The summed E-state index contributed by atoms with van der Waals surface area (Å²) in [5.41, 5.74) is 2.21. The Kier molecular flexibility index (Phi) is 5.01. The predicted molar refractivity (Wildman–Crippen MR) is 96.2 cm³/mol. The molecule has 1 saturated carbocycles. The van der Waals surface area contributed by atoms with Crippen molar-refractivity contribution >= 4 is 5.91 Å². The molecular formula is C18H27N7O. The molecule has 0 aromatic carbocycles. The van der Waals surface area contributed by atoms with Gasteiger partial charge in [0, 0.05) is 32.5 Å². The van der Waals surface area contributed by atoms with Gasteiger partial charge in [-0.1, -0.05) is 0 Å². The number of carbonyl (C=O) groups excluding carboxylic acids is 1. The van der Waals surface area contributed by atoms with Crippen LogP contribution in [0.3, 0.4) is 0 Å². The van der Waals surface area contributed by atoms with Gasteiger partial charge >= 0.3 is 0 Å². The highest BCUT2D eigenvalue weighted by Gasteiger charge is 2.36. The number of aryl methyl sites for hydroxylation is 3. The van der Waals surface area contributed by atoms with E-state index in [0.717, 1.165) is 57.0 Å². The van der Waals surface area contributed by atoms with Crippen molar-refractivity contribution in [2.75, 3.05) is 6.54 Å². The van der Waals surface area contributed by atoms with Crippen molar-refractivity contribution in [3.05, 3.63) is 29.6 Å². The quantitative estimate of drug-likeness (QED) is 0.777. The molecule has 26 heavy (non-hydrogen) atoms. The van der Waals surface area contributed by atoms with Crippen molar-refractivity contribution in [2.24, 2.45) is 5.92 Å². The number of hydrogen-bond acceptors (Lipinski definition) is 5. The normalized spacial score (nSPS) is 18.2. The fourth-order valence-electron chi connectivity index (χ4n) is 3.61. The van der Waals surface area contributed by atoms with Crippen molar-refractivity contribution in [3.63, 3.8) is 0 Å². The van der Waals surface area contributed by atoms with Crippen molar-refractivity contribution < 1.29 is 4.79 Å². The number of aromatic nitrogens is 5. The first-order valence-electron chi connectivity index (χ1n) is 9.68. The predicted octanol–water partition coefficient (Wildman–Crippen LogP) is 1.19.